The molecule has 1 fully saturated rings. The van der Waals surface area contributed by atoms with Gasteiger partial charge >= 0.3 is 11.9 Å². The summed E-state index contributed by atoms with van der Waals surface area (Å²) < 4.78 is 11.0. The van der Waals surface area contributed by atoms with Gasteiger partial charge in [-0.15, -0.1) is 0 Å². The minimum Gasteiger partial charge on any atom is -0.433 e. The number of hydrogen-bond acceptors (Lipinski definition) is 8. The number of hydrogen-bond donors (Lipinski definition) is 4. The zero-order valence-corrected chi connectivity index (χ0v) is 22.3. The summed E-state index contributed by atoms with van der Waals surface area (Å²) in [6.07, 6.45) is 0.839. The lowest BCUT2D eigenvalue weighted by Crippen LogP contribution is -2.97. The third-order valence-electron chi connectivity index (χ3n) is 6.55. The molecule has 3 rings (SSSR count). The van der Waals surface area contributed by atoms with E-state index in [1.54, 1.807) is 30.3 Å². The molecule has 4 atom stereocenters. The minimum atomic E-state index is -0.962. The Hall–Kier alpha value is -3.93. The predicted molar refractivity (Wildman–Crippen MR) is 144 cm³/mol. The molecule has 11 nitrogen and oxygen atoms in total. The number of rotatable bonds is 16. The Morgan fingerprint density at radius 2 is 1.77 bits per heavy atom. The number of carbonyl (C=O) groups is 5. The molecule has 0 saturated carbocycles. The maximum Gasteiger partial charge on any atom is 0.315 e. The number of carbonyl (C=O) groups excluding carboxylic acids is 5. The maximum absolute atomic E-state index is 13.3. The van der Waals surface area contributed by atoms with Gasteiger partial charge < -0.3 is 30.6 Å². The van der Waals surface area contributed by atoms with Crippen LogP contribution in [0.2, 0.25) is 0 Å². The van der Waals surface area contributed by atoms with Crippen molar-refractivity contribution in [3.8, 4) is 0 Å². The van der Waals surface area contributed by atoms with Gasteiger partial charge in [0.1, 0.15) is 12.3 Å². The number of benzene rings is 2. The molecule has 2 aromatic carbocycles. The van der Waals surface area contributed by atoms with Crippen molar-refractivity contribution in [3.63, 3.8) is 0 Å². The molecule has 0 spiro atoms. The van der Waals surface area contributed by atoms with Crippen LogP contribution in [-0.2, 0) is 35.3 Å². The van der Waals surface area contributed by atoms with Crippen LogP contribution in [0.25, 0.3) is 0 Å². The molecular formula is C29H37N4O7+. The number of aldehydes is 1. The smallest absolute Gasteiger partial charge is 0.315 e. The highest BCUT2D eigenvalue weighted by molar-refractivity contribution is 5.94. The van der Waals surface area contributed by atoms with Gasteiger partial charge in [-0.05, 0) is 37.1 Å². The molecule has 1 heterocycles. The highest BCUT2D eigenvalue weighted by Crippen LogP contribution is 2.18. The van der Waals surface area contributed by atoms with Crippen molar-refractivity contribution in [1.29, 1.82) is 0 Å². The minimum absolute atomic E-state index is 0.0164. The van der Waals surface area contributed by atoms with E-state index in [0.717, 1.165) is 5.56 Å². The van der Waals surface area contributed by atoms with E-state index in [1.807, 2.05) is 30.3 Å². The van der Waals surface area contributed by atoms with Crippen LogP contribution in [0.4, 0.5) is 0 Å². The quantitative estimate of drug-likeness (QED) is 0.169. The second-order valence-electron chi connectivity index (χ2n) is 9.60. The highest BCUT2D eigenvalue weighted by atomic mass is 16.7. The first-order valence-electron chi connectivity index (χ1n) is 13.4. The van der Waals surface area contributed by atoms with Crippen LogP contribution in [0.5, 0.6) is 0 Å². The number of amides is 3. The van der Waals surface area contributed by atoms with Crippen LogP contribution in [0.3, 0.4) is 0 Å². The summed E-state index contributed by atoms with van der Waals surface area (Å²) >= 11 is 0. The van der Waals surface area contributed by atoms with Gasteiger partial charge in [0, 0.05) is 24.9 Å². The fourth-order valence-corrected chi connectivity index (χ4v) is 4.33. The van der Waals surface area contributed by atoms with Crippen molar-refractivity contribution in [2.45, 2.75) is 57.1 Å². The molecule has 11 heteroatoms. The van der Waals surface area contributed by atoms with Gasteiger partial charge in [-0.25, -0.2) is 4.79 Å². The summed E-state index contributed by atoms with van der Waals surface area (Å²) in [5, 5.41) is 6.87. The molecule has 0 aliphatic carbocycles. The molecule has 1 saturated heterocycles. The van der Waals surface area contributed by atoms with Crippen molar-refractivity contribution in [3.05, 3.63) is 71.8 Å². The largest absolute Gasteiger partial charge is 0.433 e. The van der Waals surface area contributed by atoms with Crippen LogP contribution in [-0.4, -0.2) is 61.4 Å². The molecule has 0 bridgehead atoms. The topological polar surface area (TPSA) is 170 Å². The summed E-state index contributed by atoms with van der Waals surface area (Å²) in [6, 6.07) is 16.4. The zero-order chi connectivity index (χ0) is 28.7. The average Bonchev–Trinajstić information content (AvgIpc) is 3.33. The van der Waals surface area contributed by atoms with Crippen molar-refractivity contribution in [2.75, 3.05) is 13.1 Å². The summed E-state index contributed by atoms with van der Waals surface area (Å²) in [5.74, 6) is -2.34. The zero-order valence-electron chi connectivity index (χ0n) is 22.3. The molecule has 0 aromatic heterocycles. The molecule has 4 unspecified atom stereocenters. The maximum atomic E-state index is 13.3. The molecule has 1 aliphatic rings. The van der Waals surface area contributed by atoms with E-state index in [2.05, 4.69) is 10.6 Å². The summed E-state index contributed by atoms with van der Waals surface area (Å²) in [7, 11) is 0. The first kappa shape index (κ1) is 30.6. The van der Waals surface area contributed by atoms with Gasteiger partial charge in [-0.1, -0.05) is 48.5 Å². The van der Waals surface area contributed by atoms with Gasteiger partial charge in [0.2, 0.25) is 6.29 Å². The summed E-state index contributed by atoms with van der Waals surface area (Å²) in [6.45, 7) is 0.531. The monoisotopic (exact) mass is 553 g/mol. The van der Waals surface area contributed by atoms with Gasteiger partial charge in [0.05, 0.1) is 18.9 Å². The molecule has 1 aliphatic heterocycles. The number of ether oxygens (including phenoxy) is 2. The van der Waals surface area contributed by atoms with Crippen molar-refractivity contribution < 1.29 is 38.8 Å². The second-order valence-corrected chi connectivity index (χ2v) is 9.60. The fourth-order valence-electron chi connectivity index (χ4n) is 4.33. The summed E-state index contributed by atoms with van der Waals surface area (Å²) in [4.78, 5) is 62.0. The first-order valence-corrected chi connectivity index (χ1v) is 13.4. The van der Waals surface area contributed by atoms with Crippen LogP contribution in [0.1, 0.15) is 48.0 Å². The standard InChI is InChI=1S/C29H36N4O7/c30-15-7-14-23(28(38)33-24-17-25(35)40-29(24)39-19-20-9-3-1-4-10-20)32-27(37)22(13-8-16-34)18-31-26(36)21-11-5-2-6-12-21/h1-6,9-12,16,22-24,29H,7-8,13-15,17-19,30H2,(H,31,36)(H,32,37)(H,33,38)/p+1. The first-order chi connectivity index (χ1) is 19.4. The Morgan fingerprint density at radius 1 is 1.07 bits per heavy atom. The summed E-state index contributed by atoms with van der Waals surface area (Å²) in [5.41, 5.74) is 7.00. The Bertz CT molecular complexity index is 1130. The SMILES string of the molecule is NCCCC([NH2+]C(=O)C(CCC=O)CNC(=O)c1ccccc1)C(=O)NC1CC(=O)OC1OCc1ccccc1. The number of quaternary nitrogens is 1. The lowest BCUT2D eigenvalue weighted by molar-refractivity contribution is -0.596. The van der Waals surface area contributed by atoms with Gasteiger partial charge in [0.15, 0.2) is 6.04 Å². The fraction of sp³-hybridized carbons (Fsp3) is 0.414. The van der Waals surface area contributed by atoms with Gasteiger partial charge in [-0.2, -0.15) is 0 Å². The lowest BCUT2D eigenvalue weighted by Gasteiger charge is -2.22. The van der Waals surface area contributed by atoms with Gasteiger partial charge in [0.25, 0.3) is 11.8 Å². The number of nitrogens with one attached hydrogen (secondary N) is 2. The number of cyclic esters (lactones) is 1. The van der Waals surface area contributed by atoms with E-state index < -0.39 is 36.2 Å². The highest BCUT2D eigenvalue weighted by Gasteiger charge is 2.39. The van der Waals surface area contributed by atoms with E-state index >= 15 is 0 Å². The number of nitrogens with two attached hydrogens (primary N) is 2. The van der Waals surface area contributed by atoms with Crippen molar-refractivity contribution in [1.82, 2.24) is 10.6 Å². The second kappa shape index (κ2) is 16.2. The Balaban J connectivity index is 1.62. The van der Waals surface area contributed by atoms with Crippen LogP contribution in [0.15, 0.2) is 60.7 Å². The Kier molecular flexibility index (Phi) is 12.4. The van der Waals surface area contributed by atoms with E-state index in [0.29, 0.717) is 31.2 Å². The molecular weight excluding hydrogens is 516 g/mol. The van der Waals surface area contributed by atoms with E-state index in [1.165, 1.54) is 5.32 Å². The third-order valence-corrected chi connectivity index (χ3v) is 6.55. The molecule has 0 radical (unpaired) electrons. The Labute approximate surface area is 233 Å². The lowest BCUT2D eigenvalue weighted by atomic mass is 10.0. The molecule has 6 N–H and O–H groups in total. The third kappa shape index (κ3) is 9.67. The molecule has 214 valence electrons. The van der Waals surface area contributed by atoms with Crippen LogP contribution in [0, 0.1) is 5.92 Å². The van der Waals surface area contributed by atoms with E-state index in [4.69, 9.17) is 15.2 Å². The van der Waals surface area contributed by atoms with Crippen LogP contribution >= 0.6 is 0 Å². The average molecular weight is 554 g/mol. The predicted octanol–water partition coefficient (Wildman–Crippen LogP) is 0.184. The number of primary amides is 1. The normalized spacial score (nSPS) is 17.9. The van der Waals surface area contributed by atoms with Gasteiger partial charge in [-0.3, -0.25) is 19.7 Å². The Morgan fingerprint density at radius 3 is 2.45 bits per heavy atom. The van der Waals surface area contributed by atoms with E-state index in [9.17, 15) is 24.0 Å². The molecule has 2 aromatic rings. The molecule has 40 heavy (non-hydrogen) atoms. The van der Waals surface area contributed by atoms with Crippen molar-refractivity contribution >= 4 is 30.0 Å². The van der Waals surface area contributed by atoms with Crippen LogP contribution < -0.4 is 21.7 Å². The van der Waals surface area contributed by atoms with Crippen molar-refractivity contribution in [2.24, 2.45) is 11.7 Å². The van der Waals surface area contributed by atoms with E-state index in [-0.39, 0.29) is 44.2 Å². The number of esters is 1. The molecule has 3 amide bonds.